The average molecular weight is 277 g/mol. The van der Waals surface area contributed by atoms with E-state index in [2.05, 4.69) is 18.6 Å². The highest BCUT2D eigenvalue weighted by molar-refractivity contribution is 7.99. The number of hydrogen-bond acceptors (Lipinski definition) is 3. The Bertz CT molecular complexity index is 658. The summed E-state index contributed by atoms with van der Waals surface area (Å²) in [6, 6.07) is 7.04. The van der Waals surface area contributed by atoms with Gasteiger partial charge in [0, 0.05) is 28.4 Å². The fourth-order valence-electron chi connectivity index (χ4n) is 1.72. The molecule has 0 amide bonds. The molecule has 0 aliphatic carbocycles. The quantitative estimate of drug-likeness (QED) is 0.637. The van der Waals surface area contributed by atoms with Gasteiger partial charge in [0.25, 0.3) is 0 Å². The number of hydrogen-bond donors (Lipinski definition) is 0. The zero-order valence-electron chi connectivity index (χ0n) is 11.3. The van der Waals surface area contributed by atoms with E-state index in [1.165, 1.54) is 6.07 Å². The summed E-state index contributed by atoms with van der Waals surface area (Å²) in [7, 11) is 1.82. The van der Waals surface area contributed by atoms with Crippen LogP contribution in [0.2, 0.25) is 0 Å². The molecule has 100 valence electrons. The normalized spacial score (nSPS) is 13.0. The van der Waals surface area contributed by atoms with Crippen LogP contribution in [0.3, 0.4) is 0 Å². The van der Waals surface area contributed by atoms with Crippen LogP contribution in [-0.4, -0.2) is 19.1 Å². The van der Waals surface area contributed by atoms with E-state index in [1.807, 2.05) is 18.2 Å². The van der Waals surface area contributed by atoms with Crippen LogP contribution in [0.25, 0.3) is 17.0 Å². The molecule has 2 aromatic rings. The van der Waals surface area contributed by atoms with Gasteiger partial charge in [-0.1, -0.05) is 0 Å². The minimum atomic E-state index is -0.340. The van der Waals surface area contributed by atoms with Crippen LogP contribution >= 0.6 is 0 Å². The van der Waals surface area contributed by atoms with Gasteiger partial charge in [-0.05, 0) is 30.7 Å². The molecule has 4 heteroatoms. The molecule has 1 atom stereocenters. The first-order chi connectivity index (χ1) is 9.13. The zero-order valence-corrected chi connectivity index (χ0v) is 12.1. The van der Waals surface area contributed by atoms with E-state index < -0.39 is 0 Å². The molecule has 1 aromatic heterocycles. The van der Waals surface area contributed by atoms with E-state index in [-0.39, 0.29) is 16.5 Å². The van der Waals surface area contributed by atoms with E-state index >= 15 is 0 Å². The molecule has 19 heavy (non-hydrogen) atoms. The largest absolute Gasteiger partial charge is 0.497 e. The summed E-state index contributed by atoms with van der Waals surface area (Å²) >= 11 is 0. The third-order valence-corrected chi connectivity index (χ3v) is 4.43. The van der Waals surface area contributed by atoms with Crippen molar-refractivity contribution in [2.75, 3.05) is 19.1 Å². The minimum absolute atomic E-state index is 0.229. The van der Waals surface area contributed by atoms with Crippen LogP contribution in [-0.2, 0) is 10.9 Å². The smallest absolute Gasteiger partial charge is 0.336 e. The van der Waals surface area contributed by atoms with Crippen molar-refractivity contribution in [3.8, 4) is 5.75 Å². The van der Waals surface area contributed by atoms with Crippen LogP contribution in [0.1, 0.15) is 12.5 Å². The number of rotatable bonds is 4. The first-order valence-electron chi connectivity index (χ1n) is 6.05. The van der Waals surface area contributed by atoms with Gasteiger partial charge < -0.3 is 9.15 Å². The minimum Gasteiger partial charge on any atom is -0.497 e. The predicted molar refractivity (Wildman–Crippen MR) is 81.9 cm³/mol. The summed E-state index contributed by atoms with van der Waals surface area (Å²) < 4.78 is 10.3. The lowest BCUT2D eigenvalue weighted by Gasteiger charge is -2.03. The lowest BCUT2D eigenvalue weighted by molar-refractivity contribution is 0.414. The van der Waals surface area contributed by atoms with Crippen molar-refractivity contribution in [2.45, 2.75) is 6.92 Å². The zero-order chi connectivity index (χ0) is 13.8. The molecule has 0 N–H and O–H groups in total. The highest BCUT2D eigenvalue weighted by Gasteiger charge is 2.07. The fraction of sp³-hybridized carbons (Fsp3) is 0.267. The predicted octanol–water partition coefficient (Wildman–Crippen LogP) is 3.04. The SMILES string of the molecule is CC[S+](C)/C=C\c1cc(=O)oc2cc(OC)ccc12. The van der Waals surface area contributed by atoms with Crippen LogP contribution in [0.15, 0.2) is 38.9 Å². The van der Waals surface area contributed by atoms with E-state index in [9.17, 15) is 4.79 Å². The molecule has 0 saturated heterocycles. The van der Waals surface area contributed by atoms with Crippen molar-refractivity contribution >= 4 is 27.9 Å². The summed E-state index contributed by atoms with van der Waals surface area (Å²) in [6.45, 7) is 2.15. The molecule has 0 aliphatic rings. The number of ether oxygens (including phenoxy) is 1. The monoisotopic (exact) mass is 277 g/mol. The summed E-state index contributed by atoms with van der Waals surface area (Å²) in [5.41, 5.74) is 1.11. The molecule has 3 nitrogen and oxygen atoms in total. The summed E-state index contributed by atoms with van der Waals surface area (Å²) in [4.78, 5) is 11.6. The average Bonchev–Trinajstić information content (AvgIpc) is 2.43. The topological polar surface area (TPSA) is 39.4 Å². The highest BCUT2D eigenvalue weighted by atomic mass is 32.2. The van der Waals surface area contributed by atoms with Crippen molar-refractivity contribution in [1.29, 1.82) is 0 Å². The van der Waals surface area contributed by atoms with E-state index in [4.69, 9.17) is 9.15 Å². The second-order valence-electron chi connectivity index (χ2n) is 4.17. The Labute approximate surface area is 115 Å². The maximum absolute atomic E-state index is 11.6. The van der Waals surface area contributed by atoms with Crippen LogP contribution < -0.4 is 10.4 Å². The lowest BCUT2D eigenvalue weighted by atomic mass is 10.1. The van der Waals surface area contributed by atoms with Gasteiger partial charge >= 0.3 is 5.63 Å². The van der Waals surface area contributed by atoms with Gasteiger partial charge in [-0.15, -0.1) is 0 Å². The van der Waals surface area contributed by atoms with Crippen molar-refractivity contribution in [3.63, 3.8) is 0 Å². The molecule has 1 unspecified atom stereocenters. The fourth-order valence-corrected chi connectivity index (χ4v) is 2.29. The Kier molecular flexibility index (Phi) is 4.32. The molecule has 0 saturated carbocycles. The van der Waals surface area contributed by atoms with Crippen LogP contribution in [0.5, 0.6) is 5.75 Å². The molecule has 0 spiro atoms. The molecular formula is C15H17O3S+. The second kappa shape index (κ2) is 5.97. The van der Waals surface area contributed by atoms with E-state index in [0.717, 1.165) is 16.7 Å². The molecule has 0 bridgehead atoms. The maximum Gasteiger partial charge on any atom is 0.336 e. The Morgan fingerprint density at radius 3 is 2.84 bits per heavy atom. The van der Waals surface area contributed by atoms with Crippen molar-refractivity contribution < 1.29 is 9.15 Å². The number of benzene rings is 1. The molecule has 1 aromatic carbocycles. The standard InChI is InChI=1S/C15H17O3S/c1-4-19(3)8-7-11-9-15(16)18-14-10-12(17-2)5-6-13(11)14/h5-10H,4H2,1-3H3/q+1/b8-7-. The third kappa shape index (κ3) is 3.20. The summed E-state index contributed by atoms with van der Waals surface area (Å²) in [5.74, 6) is 1.78. The van der Waals surface area contributed by atoms with Gasteiger partial charge in [0.1, 0.15) is 28.7 Å². The van der Waals surface area contributed by atoms with Crippen molar-refractivity contribution in [3.05, 3.63) is 45.7 Å². The van der Waals surface area contributed by atoms with Crippen molar-refractivity contribution in [1.82, 2.24) is 0 Å². The van der Waals surface area contributed by atoms with Gasteiger partial charge in [-0.25, -0.2) is 4.79 Å². The molecule has 0 radical (unpaired) electrons. The van der Waals surface area contributed by atoms with Gasteiger partial charge in [0.15, 0.2) is 0 Å². The summed E-state index contributed by atoms with van der Waals surface area (Å²) in [5, 5.41) is 3.06. The van der Waals surface area contributed by atoms with Gasteiger partial charge in [0.05, 0.1) is 7.11 Å². The van der Waals surface area contributed by atoms with Crippen molar-refractivity contribution in [2.24, 2.45) is 0 Å². The molecule has 1 heterocycles. The molecular weight excluding hydrogens is 260 g/mol. The Hall–Kier alpha value is -1.68. The van der Waals surface area contributed by atoms with E-state index in [1.54, 1.807) is 13.2 Å². The first-order valence-corrected chi connectivity index (χ1v) is 7.92. The van der Waals surface area contributed by atoms with Gasteiger partial charge in [-0.3, -0.25) is 0 Å². The summed E-state index contributed by atoms with van der Waals surface area (Å²) in [6.07, 6.45) is 4.17. The van der Waals surface area contributed by atoms with E-state index in [0.29, 0.717) is 11.3 Å². The lowest BCUT2D eigenvalue weighted by Crippen LogP contribution is -1.99. The Morgan fingerprint density at radius 1 is 1.37 bits per heavy atom. The Balaban J connectivity index is 2.54. The molecule has 2 rings (SSSR count). The highest BCUT2D eigenvalue weighted by Crippen LogP contribution is 2.23. The number of fused-ring (bicyclic) bond motifs is 1. The third-order valence-electron chi connectivity index (χ3n) is 2.92. The van der Waals surface area contributed by atoms with Gasteiger partial charge in [-0.2, -0.15) is 0 Å². The van der Waals surface area contributed by atoms with Crippen LogP contribution in [0, 0.1) is 0 Å². The Morgan fingerprint density at radius 2 is 2.16 bits per heavy atom. The maximum atomic E-state index is 11.6. The molecule has 0 aliphatic heterocycles. The molecule has 0 fully saturated rings. The second-order valence-corrected chi connectivity index (χ2v) is 6.40. The van der Waals surface area contributed by atoms with Gasteiger partial charge in [0.2, 0.25) is 0 Å². The van der Waals surface area contributed by atoms with Crippen LogP contribution in [0.4, 0.5) is 0 Å². The number of methoxy groups -OCH3 is 1. The first kappa shape index (κ1) is 13.7.